The fraction of sp³-hybridized carbons (Fsp3) is 0.583. The summed E-state index contributed by atoms with van der Waals surface area (Å²) in [6.45, 7) is 2.45. The topological polar surface area (TPSA) is 146 Å². The Hall–Kier alpha value is -2.65. The smallest absolute Gasteiger partial charge is 0.239 e. The Morgan fingerprint density at radius 1 is 0.591 bits per heavy atom. The van der Waals surface area contributed by atoms with Gasteiger partial charge in [0.15, 0.2) is 0 Å². The highest BCUT2D eigenvalue weighted by Gasteiger charge is 2.08. The van der Waals surface area contributed by atoms with Crippen molar-refractivity contribution in [1.82, 2.24) is 26.6 Å². The van der Waals surface area contributed by atoms with E-state index in [0.29, 0.717) is 6.54 Å². The molecule has 10 nitrogen and oxygen atoms in total. The average molecular weight is 315 g/mol. The Kier molecular flexibility index (Phi) is 9.73. The number of rotatable bonds is 9. The second-order valence-corrected chi connectivity index (χ2v) is 4.19. The van der Waals surface area contributed by atoms with Crippen LogP contribution >= 0.6 is 0 Å². The van der Waals surface area contributed by atoms with Crippen LogP contribution in [0.15, 0.2) is 0 Å². The summed E-state index contributed by atoms with van der Waals surface area (Å²) in [5, 5.41) is 11.6. The summed E-state index contributed by atoms with van der Waals surface area (Å²) in [7, 11) is 0. The lowest BCUT2D eigenvalue weighted by molar-refractivity contribution is -0.129. The van der Waals surface area contributed by atoms with Gasteiger partial charge in [-0.1, -0.05) is 0 Å². The lowest BCUT2D eigenvalue weighted by Gasteiger charge is -2.08. The number of carbonyl (C=O) groups is 5. The molecule has 0 unspecified atom stereocenters. The van der Waals surface area contributed by atoms with Crippen molar-refractivity contribution in [2.24, 2.45) is 0 Å². The van der Waals surface area contributed by atoms with Gasteiger partial charge < -0.3 is 26.6 Å². The van der Waals surface area contributed by atoms with E-state index in [0.717, 1.165) is 0 Å². The normalized spacial score (nSPS) is 9.36. The molecule has 0 bridgehead atoms. The van der Waals surface area contributed by atoms with Gasteiger partial charge in [0.05, 0.1) is 26.2 Å². The van der Waals surface area contributed by atoms with Crippen LogP contribution in [0, 0.1) is 0 Å². The predicted octanol–water partition coefficient (Wildman–Crippen LogP) is -3.39. The minimum absolute atomic E-state index is 0.171. The van der Waals surface area contributed by atoms with Crippen LogP contribution in [0.5, 0.6) is 0 Å². The minimum atomic E-state index is -0.565. The van der Waals surface area contributed by atoms with Crippen LogP contribution in [0.3, 0.4) is 0 Å². The molecule has 0 aliphatic carbocycles. The fourth-order valence-electron chi connectivity index (χ4n) is 1.19. The summed E-state index contributed by atoms with van der Waals surface area (Å²) in [6.07, 6.45) is 0. The number of nitrogens with one attached hydrogen (secondary N) is 5. The quantitative estimate of drug-likeness (QED) is 0.301. The van der Waals surface area contributed by atoms with E-state index in [1.807, 2.05) is 0 Å². The molecule has 0 aromatic carbocycles. The maximum absolute atomic E-state index is 11.4. The van der Waals surface area contributed by atoms with Gasteiger partial charge in [0.25, 0.3) is 0 Å². The first-order valence-electron chi connectivity index (χ1n) is 6.66. The predicted molar refractivity (Wildman–Crippen MR) is 76.4 cm³/mol. The van der Waals surface area contributed by atoms with Crippen molar-refractivity contribution >= 4 is 29.5 Å². The molecule has 22 heavy (non-hydrogen) atoms. The maximum atomic E-state index is 11.4. The second kappa shape index (κ2) is 11.1. The third-order valence-corrected chi connectivity index (χ3v) is 2.21. The summed E-state index contributed by atoms with van der Waals surface area (Å²) < 4.78 is 0. The van der Waals surface area contributed by atoms with E-state index < -0.39 is 17.7 Å². The van der Waals surface area contributed by atoms with Crippen molar-refractivity contribution < 1.29 is 24.0 Å². The molecule has 0 radical (unpaired) electrons. The Morgan fingerprint density at radius 2 is 0.909 bits per heavy atom. The Labute approximate surface area is 127 Å². The van der Waals surface area contributed by atoms with Crippen molar-refractivity contribution in [1.29, 1.82) is 0 Å². The molecule has 0 rings (SSSR count). The van der Waals surface area contributed by atoms with Crippen molar-refractivity contribution in [2.45, 2.75) is 13.8 Å². The third kappa shape index (κ3) is 11.2. The molecule has 0 aromatic heterocycles. The van der Waals surface area contributed by atoms with Crippen LogP contribution in [0.25, 0.3) is 0 Å². The lowest BCUT2D eigenvalue weighted by Crippen LogP contribution is -2.45. The van der Waals surface area contributed by atoms with Gasteiger partial charge in [-0.3, -0.25) is 24.0 Å². The van der Waals surface area contributed by atoms with Gasteiger partial charge in [0.1, 0.15) is 0 Å². The zero-order chi connectivity index (χ0) is 17.0. The van der Waals surface area contributed by atoms with Crippen LogP contribution < -0.4 is 26.6 Å². The Balaban J connectivity index is 3.75. The number of carbonyl (C=O) groups excluding carboxylic acids is 5. The highest BCUT2D eigenvalue weighted by molar-refractivity contribution is 5.90. The molecule has 0 aliphatic rings. The molecule has 0 aromatic rings. The van der Waals surface area contributed by atoms with Gasteiger partial charge in [0.2, 0.25) is 29.5 Å². The zero-order valence-corrected chi connectivity index (χ0v) is 12.6. The van der Waals surface area contributed by atoms with Crippen LogP contribution in [0.1, 0.15) is 13.8 Å². The Morgan fingerprint density at radius 3 is 1.23 bits per heavy atom. The van der Waals surface area contributed by atoms with E-state index in [1.165, 1.54) is 6.92 Å². The minimum Gasteiger partial charge on any atom is -0.355 e. The van der Waals surface area contributed by atoms with E-state index >= 15 is 0 Å². The van der Waals surface area contributed by atoms with E-state index in [9.17, 15) is 24.0 Å². The van der Waals surface area contributed by atoms with Crippen molar-refractivity contribution in [3.63, 3.8) is 0 Å². The van der Waals surface area contributed by atoms with Crippen LogP contribution in [-0.2, 0) is 24.0 Å². The van der Waals surface area contributed by atoms with Crippen LogP contribution in [0.2, 0.25) is 0 Å². The number of amides is 5. The highest BCUT2D eigenvalue weighted by atomic mass is 16.2. The molecule has 0 aliphatic heterocycles. The van der Waals surface area contributed by atoms with E-state index in [4.69, 9.17) is 0 Å². The molecule has 5 amide bonds. The molecule has 0 fully saturated rings. The third-order valence-electron chi connectivity index (χ3n) is 2.21. The van der Waals surface area contributed by atoms with Gasteiger partial charge in [-0.2, -0.15) is 0 Å². The van der Waals surface area contributed by atoms with Crippen LogP contribution in [-0.4, -0.2) is 62.3 Å². The molecule has 124 valence electrons. The summed E-state index contributed by atoms with van der Waals surface area (Å²) >= 11 is 0. The van der Waals surface area contributed by atoms with E-state index in [2.05, 4.69) is 26.6 Å². The number of hydrogen-bond acceptors (Lipinski definition) is 5. The van der Waals surface area contributed by atoms with Crippen molar-refractivity contribution in [3.05, 3.63) is 0 Å². The summed E-state index contributed by atoms with van der Waals surface area (Å²) in [5.74, 6) is -2.30. The molecule has 0 spiro atoms. The molecular formula is C12H21N5O5. The SMILES string of the molecule is CCNC(=O)CNC(=O)CNC(=O)CNC(=O)CNC(C)=O. The highest BCUT2D eigenvalue weighted by Crippen LogP contribution is 1.71. The molecule has 0 atom stereocenters. The fourth-order valence-corrected chi connectivity index (χ4v) is 1.19. The maximum Gasteiger partial charge on any atom is 0.239 e. The average Bonchev–Trinajstić information content (AvgIpc) is 2.46. The first-order chi connectivity index (χ1) is 10.3. The van der Waals surface area contributed by atoms with Gasteiger partial charge in [-0.05, 0) is 6.92 Å². The summed E-state index contributed by atoms with van der Waals surface area (Å²) in [4.78, 5) is 55.5. The monoisotopic (exact) mass is 315 g/mol. The number of hydrogen-bond donors (Lipinski definition) is 5. The van der Waals surface area contributed by atoms with Gasteiger partial charge in [-0.25, -0.2) is 0 Å². The number of likely N-dealkylation sites (N-methyl/N-ethyl adjacent to an activating group) is 1. The van der Waals surface area contributed by atoms with Gasteiger partial charge in [0, 0.05) is 13.5 Å². The molecule has 0 heterocycles. The largest absolute Gasteiger partial charge is 0.355 e. The van der Waals surface area contributed by atoms with E-state index in [1.54, 1.807) is 6.92 Å². The molecule has 0 saturated heterocycles. The standard InChI is InChI=1S/C12H21N5O5/c1-3-13-9(19)5-15-11(21)7-17-12(22)6-16-10(20)4-14-8(2)18/h3-7H2,1-2H3,(H,13,19)(H,14,18)(H,15,21)(H,16,20)(H,17,22). The second-order valence-electron chi connectivity index (χ2n) is 4.19. The van der Waals surface area contributed by atoms with Crippen LogP contribution in [0.4, 0.5) is 0 Å². The Bertz CT molecular complexity index is 438. The molecule has 0 saturated carbocycles. The van der Waals surface area contributed by atoms with Gasteiger partial charge in [-0.15, -0.1) is 0 Å². The van der Waals surface area contributed by atoms with Gasteiger partial charge >= 0.3 is 0 Å². The van der Waals surface area contributed by atoms with Crippen molar-refractivity contribution in [3.8, 4) is 0 Å². The molecular weight excluding hydrogens is 294 g/mol. The summed E-state index contributed by atoms with van der Waals surface area (Å²) in [5.41, 5.74) is 0. The molecule has 10 heteroatoms. The van der Waals surface area contributed by atoms with Crippen molar-refractivity contribution in [2.75, 3.05) is 32.7 Å². The summed E-state index contributed by atoms with van der Waals surface area (Å²) in [6, 6.07) is 0. The first-order valence-corrected chi connectivity index (χ1v) is 6.66. The zero-order valence-electron chi connectivity index (χ0n) is 12.6. The lowest BCUT2D eigenvalue weighted by atomic mass is 10.4. The van der Waals surface area contributed by atoms with E-state index in [-0.39, 0.29) is 38.0 Å². The molecule has 5 N–H and O–H groups in total. The first kappa shape index (κ1) is 19.4.